The fourth-order valence-electron chi connectivity index (χ4n) is 0.959. The number of methoxy groups -OCH3 is 1. The summed E-state index contributed by atoms with van der Waals surface area (Å²) >= 11 is 3.10. The molecule has 0 radical (unpaired) electrons. The molecule has 4 nitrogen and oxygen atoms in total. The first-order valence-corrected chi connectivity index (χ1v) is 4.47. The number of benzene rings is 1. The number of halogens is 1. The van der Waals surface area contributed by atoms with Crippen molar-refractivity contribution in [2.45, 2.75) is 0 Å². The molecule has 5 heteroatoms. The lowest BCUT2D eigenvalue weighted by Gasteiger charge is -2.05. The summed E-state index contributed by atoms with van der Waals surface area (Å²) in [5.74, 6) is -2.02. The number of ketones is 1. The van der Waals surface area contributed by atoms with Crippen LogP contribution in [0.4, 0.5) is 0 Å². The molecule has 0 aromatic heterocycles. The summed E-state index contributed by atoms with van der Waals surface area (Å²) in [5, 5.41) is 8.51. The van der Waals surface area contributed by atoms with E-state index in [4.69, 9.17) is 9.84 Å². The van der Waals surface area contributed by atoms with Crippen molar-refractivity contribution in [2.24, 2.45) is 0 Å². The lowest BCUT2D eigenvalue weighted by Crippen LogP contribution is -2.13. The van der Waals surface area contributed by atoms with Crippen LogP contribution in [0.3, 0.4) is 0 Å². The van der Waals surface area contributed by atoms with Gasteiger partial charge in [0.05, 0.1) is 11.6 Å². The second-order valence-corrected chi connectivity index (χ2v) is 3.25. The molecule has 0 saturated carbocycles. The van der Waals surface area contributed by atoms with Crippen LogP contribution in [0.25, 0.3) is 0 Å². The molecular formula is C9H7BrO4. The van der Waals surface area contributed by atoms with Crippen LogP contribution >= 0.6 is 15.9 Å². The first kappa shape index (κ1) is 10.7. The monoisotopic (exact) mass is 258 g/mol. The number of ether oxygens (including phenoxy) is 1. The molecule has 14 heavy (non-hydrogen) atoms. The van der Waals surface area contributed by atoms with Gasteiger partial charge in [-0.25, -0.2) is 4.79 Å². The van der Waals surface area contributed by atoms with Crippen LogP contribution in [0.5, 0.6) is 5.75 Å². The first-order valence-electron chi connectivity index (χ1n) is 3.68. The average Bonchev–Trinajstić information content (AvgIpc) is 2.17. The van der Waals surface area contributed by atoms with Gasteiger partial charge in [0.1, 0.15) is 5.75 Å². The highest BCUT2D eigenvalue weighted by molar-refractivity contribution is 9.10. The molecule has 1 aromatic carbocycles. The summed E-state index contributed by atoms with van der Waals surface area (Å²) < 4.78 is 5.28. The minimum Gasteiger partial charge on any atom is -0.496 e. The lowest BCUT2D eigenvalue weighted by atomic mass is 10.1. The van der Waals surface area contributed by atoms with Gasteiger partial charge in [0.15, 0.2) is 0 Å². The van der Waals surface area contributed by atoms with Gasteiger partial charge in [0.2, 0.25) is 0 Å². The Morgan fingerprint density at radius 1 is 1.43 bits per heavy atom. The van der Waals surface area contributed by atoms with Crippen LogP contribution in [0.1, 0.15) is 10.4 Å². The molecule has 0 fully saturated rings. The van der Waals surface area contributed by atoms with Crippen molar-refractivity contribution in [3.63, 3.8) is 0 Å². The molecule has 0 aliphatic rings. The summed E-state index contributed by atoms with van der Waals surface area (Å²) in [6, 6.07) is 4.60. The smallest absolute Gasteiger partial charge is 0.377 e. The van der Waals surface area contributed by atoms with Crippen LogP contribution in [-0.4, -0.2) is 24.0 Å². The molecule has 0 heterocycles. The minimum absolute atomic E-state index is 0.0804. The van der Waals surface area contributed by atoms with Crippen molar-refractivity contribution < 1.29 is 19.4 Å². The Labute approximate surface area is 88.6 Å². The summed E-state index contributed by atoms with van der Waals surface area (Å²) in [4.78, 5) is 21.6. The van der Waals surface area contributed by atoms with E-state index in [-0.39, 0.29) is 5.56 Å². The number of Topliss-reactive ketones (excluding diaryl/α,β-unsaturated/α-hetero) is 1. The minimum atomic E-state index is -1.49. The molecule has 0 aliphatic carbocycles. The van der Waals surface area contributed by atoms with Crippen LogP contribution in [0, 0.1) is 0 Å². The average molecular weight is 259 g/mol. The van der Waals surface area contributed by atoms with Crippen molar-refractivity contribution in [1.29, 1.82) is 0 Å². The molecule has 0 aliphatic heterocycles. The number of hydrogen-bond acceptors (Lipinski definition) is 3. The first-order chi connectivity index (χ1) is 6.57. The van der Waals surface area contributed by atoms with Crippen molar-refractivity contribution in [3.05, 3.63) is 28.2 Å². The van der Waals surface area contributed by atoms with E-state index in [0.717, 1.165) is 0 Å². The number of carboxylic acids is 1. The van der Waals surface area contributed by atoms with Crippen molar-refractivity contribution in [2.75, 3.05) is 7.11 Å². The Hall–Kier alpha value is -1.36. The van der Waals surface area contributed by atoms with Gasteiger partial charge in [-0.3, -0.25) is 4.79 Å². The Morgan fingerprint density at radius 2 is 2.07 bits per heavy atom. The van der Waals surface area contributed by atoms with E-state index in [1.165, 1.54) is 13.2 Å². The second kappa shape index (κ2) is 4.23. The van der Waals surface area contributed by atoms with Crippen LogP contribution in [-0.2, 0) is 4.79 Å². The maximum Gasteiger partial charge on any atom is 0.377 e. The molecule has 1 rings (SSSR count). The maximum absolute atomic E-state index is 11.1. The van der Waals surface area contributed by atoms with Gasteiger partial charge < -0.3 is 9.84 Å². The SMILES string of the molecule is COc1cccc(C(=O)C(=O)O)c1Br. The molecule has 0 amide bonds. The second-order valence-electron chi connectivity index (χ2n) is 2.46. The van der Waals surface area contributed by atoms with E-state index in [2.05, 4.69) is 15.9 Å². The molecule has 0 bridgehead atoms. The number of hydrogen-bond donors (Lipinski definition) is 1. The number of carboxylic acid groups (broad SMARTS) is 1. The van der Waals surface area contributed by atoms with Gasteiger partial charge in [-0.2, -0.15) is 0 Å². The molecule has 74 valence electrons. The number of aliphatic carboxylic acids is 1. The molecule has 0 unspecified atom stereocenters. The summed E-state index contributed by atoms with van der Waals surface area (Å²) in [6.45, 7) is 0. The van der Waals surface area contributed by atoms with E-state index in [1.54, 1.807) is 12.1 Å². The zero-order chi connectivity index (χ0) is 10.7. The largest absolute Gasteiger partial charge is 0.496 e. The van der Waals surface area contributed by atoms with E-state index in [9.17, 15) is 9.59 Å². The Kier molecular flexibility index (Phi) is 3.24. The van der Waals surface area contributed by atoms with Gasteiger partial charge in [-0.1, -0.05) is 6.07 Å². The lowest BCUT2D eigenvalue weighted by molar-refractivity contribution is -0.131. The Morgan fingerprint density at radius 3 is 2.57 bits per heavy atom. The van der Waals surface area contributed by atoms with Crippen molar-refractivity contribution in [3.8, 4) is 5.75 Å². The highest BCUT2D eigenvalue weighted by Gasteiger charge is 2.19. The van der Waals surface area contributed by atoms with E-state index >= 15 is 0 Å². The fraction of sp³-hybridized carbons (Fsp3) is 0.111. The van der Waals surface area contributed by atoms with Gasteiger partial charge in [-0.05, 0) is 28.1 Å². The zero-order valence-electron chi connectivity index (χ0n) is 7.28. The third kappa shape index (κ3) is 1.93. The van der Waals surface area contributed by atoms with Gasteiger partial charge in [0.25, 0.3) is 5.78 Å². The third-order valence-corrected chi connectivity index (χ3v) is 2.44. The Bertz CT molecular complexity index is 386. The number of carbonyl (C=O) groups is 2. The van der Waals surface area contributed by atoms with Crippen molar-refractivity contribution in [1.82, 2.24) is 0 Å². The van der Waals surface area contributed by atoms with Crippen LogP contribution < -0.4 is 4.74 Å². The molecule has 1 aromatic rings. The summed E-state index contributed by atoms with van der Waals surface area (Å²) in [7, 11) is 1.44. The van der Waals surface area contributed by atoms with Crippen LogP contribution in [0.2, 0.25) is 0 Å². The zero-order valence-corrected chi connectivity index (χ0v) is 8.87. The fourth-order valence-corrected chi connectivity index (χ4v) is 1.57. The summed E-state index contributed by atoms with van der Waals surface area (Å²) in [5.41, 5.74) is 0.0804. The predicted molar refractivity (Wildman–Crippen MR) is 52.7 cm³/mol. The standard InChI is InChI=1S/C9H7BrO4/c1-14-6-4-2-3-5(7(6)10)8(11)9(12)13/h2-4H,1H3,(H,12,13). The number of carbonyl (C=O) groups excluding carboxylic acids is 1. The van der Waals surface area contributed by atoms with Crippen LogP contribution in [0.15, 0.2) is 22.7 Å². The highest BCUT2D eigenvalue weighted by atomic mass is 79.9. The van der Waals surface area contributed by atoms with Gasteiger partial charge in [0, 0.05) is 5.56 Å². The van der Waals surface area contributed by atoms with Gasteiger partial charge >= 0.3 is 5.97 Å². The maximum atomic E-state index is 11.1. The van der Waals surface area contributed by atoms with Gasteiger partial charge in [-0.15, -0.1) is 0 Å². The third-order valence-electron chi connectivity index (χ3n) is 1.62. The number of rotatable bonds is 3. The quantitative estimate of drug-likeness (QED) is 0.663. The van der Waals surface area contributed by atoms with E-state index < -0.39 is 11.8 Å². The van der Waals surface area contributed by atoms with Crippen molar-refractivity contribution >= 4 is 27.7 Å². The molecule has 0 atom stereocenters. The highest BCUT2D eigenvalue weighted by Crippen LogP contribution is 2.28. The topological polar surface area (TPSA) is 63.6 Å². The summed E-state index contributed by atoms with van der Waals surface area (Å²) in [6.07, 6.45) is 0. The molecule has 0 spiro atoms. The predicted octanol–water partition coefficient (Wildman–Crippen LogP) is 1.72. The Balaban J connectivity index is 3.22. The van der Waals surface area contributed by atoms with E-state index in [0.29, 0.717) is 10.2 Å². The molecule has 0 saturated heterocycles. The van der Waals surface area contributed by atoms with E-state index in [1.807, 2.05) is 0 Å². The normalized spacial score (nSPS) is 9.57. The molecular weight excluding hydrogens is 252 g/mol. The molecule has 1 N–H and O–H groups in total.